The van der Waals surface area contributed by atoms with Crippen LogP contribution in [-0.2, 0) is 4.79 Å². The maximum atomic E-state index is 10.4. The van der Waals surface area contributed by atoms with Crippen LogP contribution in [-0.4, -0.2) is 18.9 Å². The van der Waals surface area contributed by atoms with E-state index in [0.29, 0.717) is 13.0 Å². The summed E-state index contributed by atoms with van der Waals surface area (Å²) in [6.45, 7) is 23.2. The fraction of sp³-hybridized carbons (Fsp3) is 0.857. The molecular weight excluding hydrogens is 282 g/mol. The Bertz CT molecular complexity index is 253. The second-order valence-electron chi connectivity index (χ2n) is 5.54. The third kappa shape index (κ3) is 26.4. The fourth-order valence-corrected chi connectivity index (χ4v) is 1.83. The number of nitrogens with one attached hydrogen (secondary N) is 1. The van der Waals surface area contributed by atoms with E-state index in [2.05, 4.69) is 39.9 Å². The minimum atomic E-state index is -0.129. The van der Waals surface area contributed by atoms with Crippen molar-refractivity contribution in [2.24, 2.45) is 17.8 Å². The number of Topliss-reactive ketones (excluding diaryl/α,β-unsaturated/α-hetero) is 1. The molecule has 0 heterocycles. The summed E-state index contributed by atoms with van der Waals surface area (Å²) in [5, 5.41) is 3.00. The highest BCUT2D eigenvalue weighted by Gasteiger charge is 2.13. The number of rotatable bonds is 8. The number of ketones is 1. The molecule has 0 saturated carbocycles. The number of terminal acetylenes is 1. The minimum Gasteiger partial charge on any atom is -0.317 e. The number of hydrogen-bond donors (Lipinski definition) is 1. The molecule has 0 aliphatic carbocycles. The average molecular weight is 328 g/mol. The number of carbonyl (C=O) groups excluding carboxylic acids is 1. The molecule has 0 aliphatic heterocycles. The Morgan fingerprint density at radius 2 is 1.52 bits per heavy atom. The second kappa shape index (κ2) is 26.1. The molecule has 0 amide bonds. The van der Waals surface area contributed by atoms with Crippen LogP contribution in [0.5, 0.6) is 0 Å². The van der Waals surface area contributed by atoms with E-state index in [-0.39, 0.29) is 5.78 Å². The van der Waals surface area contributed by atoms with Gasteiger partial charge in [-0.3, -0.25) is 4.79 Å². The summed E-state index contributed by atoms with van der Waals surface area (Å²) in [6.07, 6.45) is 8.00. The molecule has 0 aromatic rings. The zero-order valence-corrected chi connectivity index (χ0v) is 17.8. The van der Waals surface area contributed by atoms with Crippen molar-refractivity contribution >= 4 is 5.78 Å². The van der Waals surface area contributed by atoms with Gasteiger partial charge >= 0.3 is 0 Å². The molecule has 0 saturated heterocycles. The molecule has 2 atom stereocenters. The molecule has 2 heteroatoms. The maximum absolute atomic E-state index is 10.4. The molecule has 0 aromatic carbocycles. The largest absolute Gasteiger partial charge is 0.317 e. The van der Waals surface area contributed by atoms with Gasteiger partial charge in [-0.05, 0) is 30.2 Å². The van der Waals surface area contributed by atoms with Gasteiger partial charge in [-0.1, -0.05) is 82.1 Å². The van der Waals surface area contributed by atoms with Gasteiger partial charge in [-0.15, -0.1) is 6.42 Å². The van der Waals surface area contributed by atoms with Crippen LogP contribution in [0.1, 0.15) is 88.5 Å². The quantitative estimate of drug-likeness (QED) is 0.339. The van der Waals surface area contributed by atoms with Gasteiger partial charge in [0, 0.05) is 13.0 Å². The van der Waals surface area contributed by atoms with E-state index < -0.39 is 0 Å². The summed E-state index contributed by atoms with van der Waals surface area (Å²) in [7, 11) is 0. The van der Waals surface area contributed by atoms with Gasteiger partial charge in [0.1, 0.15) is 0 Å². The summed E-state index contributed by atoms with van der Waals surface area (Å²) in [5.74, 6) is 4.56. The standard InChI is InChI=1S/C10H22.C7H11NO.2C2H6/c1-6-7-9(4)10(5)8(2)3;1-3-7(9)5-6-8-4-2;2*1-2/h8-10H,6-7H2,1-5H3;1,8H,4-6H2,2H3;2*1-2H3. The molecule has 23 heavy (non-hydrogen) atoms. The van der Waals surface area contributed by atoms with Crippen LogP contribution >= 0.6 is 0 Å². The van der Waals surface area contributed by atoms with E-state index in [9.17, 15) is 4.79 Å². The topological polar surface area (TPSA) is 29.1 Å². The van der Waals surface area contributed by atoms with E-state index in [1.54, 1.807) is 0 Å². The SMILES string of the molecule is C#CC(=O)CCNCC.CC.CC.CCCC(C)C(C)C(C)C. The smallest absolute Gasteiger partial charge is 0.206 e. The predicted molar refractivity (Wildman–Crippen MR) is 108 cm³/mol. The van der Waals surface area contributed by atoms with E-state index in [1.807, 2.05) is 40.5 Å². The highest BCUT2D eigenvalue weighted by atomic mass is 16.1. The lowest BCUT2D eigenvalue weighted by molar-refractivity contribution is -0.113. The van der Waals surface area contributed by atoms with Gasteiger partial charge in [-0.25, -0.2) is 0 Å². The second-order valence-corrected chi connectivity index (χ2v) is 5.54. The van der Waals surface area contributed by atoms with Gasteiger partial charge in [0.05, 0.1) is 0 Å². The Labute approximate surface area is 148 Å². The third-order valence-corrected chi connectivity index (χ3v) is 3.63. The van der Waals surface area contributed by atoms with Crippen molar-refractivity contribution in [2.75, 3.05) is 13.1 Å². The molecule has 0 rings (SSSR count). The summed E-state index contributed by atoms with van der Waals surface area (Å²) >= 11 is 0. The van der Waals surface area contributed by atoms with Crippen LogP contribution in [0.15, 0.2) is 0 Å². The summed E-state index contributed by atoms with van der Waals surface area (Å²) < 4.78 is 0. The van der Waals surface area contributed by atoms with E-state index in [0.717, 1.165) is 24.3 Å². The monoisotopic (exact) mass is 327 g/mol. The molecule has 0 bridgehead atoms. The lowest BCUT2D eigenvalue weighted by Crippen LogP contribution is -2.16. The minimum absolute atomic E-state index is 0.129. The molecule has 0 spiro atoms. The highest BCUT2D eigenvalue weighted by Crippen LogP contribution is 2.23. The first-order valence-electron chi connectivity index (χ1n) is 9.60. The van der Waals surface area contributed by atoms with E-state index in [1.165, 1.54) is 12.8 Å². The van der Waals surface area contributed by atoms with Gasteiger partial charge in [-0.2, -0.15) is 0 Å². The van der Waals surface area contributed by atoms with Crippen molar-refractivity contribution < 1.29 is 4.79 Å². The van der Waals surface area contributed by atoms with Gasteiger partial charge in [0.25, 0.3) is 0 Å². The Balaban J connectivity index is -0.000000129. The first-order chi connectivity index (χ1) is 10.9. The molecule has 0 fully saturated rings. The van der Waals surface area contributed by atoms with Crippen LogP contribution in [0.25, 0.3) is 0 Å². The van der Waals surface area contributed by atoms with E-state index in [4.69, 9.17) is 6.42 Å². The van der Waals surface area contributed by atoms with Crippen LogP contribution in [0.4, 0.5) is 0 Å². The Morgan fingerprint density at radius 1 is 1.04 bits per heavy atom. The fourth-order valence-electron chi connectivity index (χ4n) is 1.83. The lowest BCUT2D eigenvalue weighted by atomic mass is 9.84. The molecule has 0 aliphatic rings. The van der Waals surface area contributed by atoms with Crippen LogP contribution < -0.4 is 5.32 Å². The van der Waals surface area contributed by atoms with E-state index >= 15 is 0 Å². The predicted octanol–water partition coefficient (Wildman–Crippen LogP) is 5.96. The van der Waals surface area contributed by atoms with Crippen molar-refractivity contribution in [3.63, 3.8) is 0 Å². The molecule has 2 unspecified atom stereocenters. The Morgan fingerprint density at radius 3 is 1.83 bits per heavy atom. The zero-order chi connectivity index (χ0) is 19.3. The first kappa shape index (κ1) is 30.1. The lowest BCUT2D eigenvalue weighted by Gasteiger charge is -2.22. The van der Waals surface area contributed by atoms with Crippen LogP contribution in [0.3, 0.4) is 0 Å². The van der Waals surface area contributed by atoms with Crippen molar-refractivity contribution in [3.05, 3.63) is 0 Å². The molecule has 0 radical (unpaired) electrons. The average Bonchev–Trinajstić information content (AvgIpc) is 2.58. The van der Waals surface area contributed by atoms with Crippen LogP contribution in [0, 0.1) is 30.1 Å². The van der Waals surface area contributed by atoms with Gasteiger partial charge in [0.15, 0.2) is 0 Å². The van der Waals surface area contributed by atoms with Gasteiger partial charge < -0.3 is 5.32 Å². The summed E-state index contributed by atoms with van der Waals surface area (Å²) in [4.78, 5) is 10.4. The Hall–Kier alpha value is -0.810. The molecule has 0 aromatic heterocycles. The molecular formula is C21H45NO. The van der Waals surface area contributed by atoms with Crippen molar-refractivity contribution in [2.45, 2.75) is 88.5 Å². The highest BCUT2D eigenvalue weighted by molar-refractivity contribution is 5.94. The van der Waals surface area contributed by atoms with Gasteiger partial charge in [0.2, 0.25) is 5.78 Å². The summed E-state index contributed by atoms with van der Waals surface area (Å²) in [6, 6.07) is 0. The summed E-state index contributed by atoms with van der Waals surface area (Å²) in [5.41, 5.74) is 0. The molecule has 2 nitrogen and oxygen atoms in total. The van der Waals surface area contributed by atoms with Crippen molar-refractivity contribution in [3.8, 4) is 12.3 Å². The number of carbonyl (C=O) groups is 1. The third-order valence-electron chi connectivity index (χ3n) is 3.63. The van der Waals surface area contributed by atoms with Crippen LogP contribution in [0.2, 0.25) is 0 Å². The van der Waals surface area contributed by atoms with Crippen molar-refractivity contribution in [1.29, 1.82) is 0 Å². The number of hydrogen-bond acceptors (Lipinski definition) is 2. The zero-order valence-electron chi connectivity index (χ0n) is 17.8. The molecule has 1 N–H and O–H groups in total. The first-order valence-corrected chi connectivity index (χ1v) is 9.60. The Kier molecular flexibility index (Phi) is 34.2. The maximum Gasteiger partial charge on any atom is 0.206 e. The normalized spacial score (nSPS) is 11.4. The molecule has 140 valence electrons. The van der Waals surface area contributed by atoms with Crippen molar-refractivity contribution in [1.82, 2.24) is 5.32 Å².